The highest BCUT2D eigenvalue weighted by Gasteiger charge is 2.25. The molecular weight excluding hydrogens is 372 g/mol. The van der Waals surface area contributed by atoms with Gasteiger partial charge in [0.05, 0.1) is 11.3 Å². The van der Waals surface area contributed by atoms with E-state index in [9.17, 15) is 4.79 Å². The number of carbonyl (C=O) groups excluding carboxylic acids is 1. The molecule has 28 heavy (non-hydrogen) atoms. The molecule has 4 heterocycles. The normalized spacial score (nSPS) is 14.1. The highest BCUT2D eigenvalue weighted by atomic mass is 32.1. The fourth-order valence-corrected chi connectivity index (χ4v) is 4.77. The van der Waals surface area contributed by atoms with Crippen molar-refractivity contribution in [3.8, 4) is 0 Å². The summed E-state index contributed by atoms with van der Waals surface area (Å²) in [5, 5.41) is 9.09. The number of nitrogens with one attached hydrogen (secondary N) is 1. The van der Waals surface area contributed by atoms with Crippen LogP contribution >= 0.6 is 11.3 Å². The lowest BCUT2D eigenvalue weighted by atomic mass is 10.0. The molecule has 0 saturated carbocycles. The summed E-state index contributed by atoms with van der Waals surface area (Å²) in [5.41, 5.74) is 6.17. The van der Waals surface area contributed by atoms with Gasteiger partial charge in [-0.2, -0.15) is 0 Å². The Labute approximate surface area is 168 Å². The molecule has 6 nitrogen and oxygen atoms in total. The molecule has 0 fully saturated rings. The Morgan fingerprint density at radius 2 is 2.21 bits per heavy atom. The van der Waals surface area contributed by atoms with Gasteiger partial charge in [0.1, 0.15) is 5.76 Å². The second-order valence-electron chi connectivity index (χ2n) is 7.30. The summed E-state index contributed by atoms with van der Waals surface area (Å²) >= 11 is 1.68. The van der Waals surface area contributed by atoms with E-state index < -0.39 is 0 Å². The van der Waals surface area contributed by atoms with Crippen LogP contribution in [-0.4, -0.2) is 27.5 Å². The van der Waals surface area contributed by atoms with Crippen LogP contribution in [0.1, 0.15) is 49.1 Å². The average Bonchev–Trinajstić information content (AvgIpc) is 3.24. The summed E-state index contributed by atoms with van der Waals surface area (Å²) < 4.78 is 5.28. The third-order valence-electron chi connectivity index (χ3n) is 5.25. The van der Waals surface area contributed by atoms with Crippen LogP contribution in [-0.2, 0) is 26.1 Å². The number of thiophene rings is 1. The van der Waals surface area contributed by atoms with E-state index in [2.05, 4.69) is 20.4 Å². The van der Waals surface area contributed by atoms with Gasteiger partial charge in [-0.25, -0.2) is 0 Å². The number of carbonyl (C=O) groups is 1. The Kier molecular flexibility index (Phi) is 5.28. The second-order valence-corrected chi connectivity index (χ2v) is 8.27. The molecule has 3 aromatic heterocycles. The van der Waals surface area contributed by atoms with E-state index in [-0.39, 0.29) is 5.91 Å². The van der Waals surface area contributed by atoms with E-state index in [0.29, 0.717) is 6.54 Å². The van der Waals surface area contributed by atoms with E-state index >= 15 is 0 Å². The van der Waals surface area contributed by atoms with Crippen molar-refractivity contribution in [1.29, 1.82) is 0 Å². The topological polar surface area (TPSA) is 71.3 Å². The van der Waals surface area contributed by atoms with Crippen LogP contribution in [0.3, 0.4) is 0 Å². The van der Waals surface area contributed by atoms with Gasteiger partial charge in [-0.3, -0.25) is 14.7 Å². The summed E-state index contributed by atoms with van der Waals surface area (Å²) in [6.07, 6.45) is 2.66. The van der Waals surface area contributed by atoms with Gasteiger partial charge < -0.3 is 9.84 Å². The molecule has 0 aromatic carbocycles. The molecule has 1 N–H and O–H groups in total. The van der Waals surface area contributed by atoms with E-state index in [1.54, 1.807) is 17.5 Å². The number of rotatable bonds is 5. The van der Waals surface area contributed by atoms with Gasteiger partial charge in [-0.15, -0.1) is 11.3 Å². The predicted molar refractivity (Wildman–Crippen MR) is 108 cm³/mol. The van der Waals surface area contributed by atoms with Gasteiger partial charge in [0, 0.05) is 53.9 Å². The fourth-order valence-electron chi connectivity index (χ4n) is 3.65. The summed E-state index contributed by atoms with van der Waals surface area (Å²) in [6.45, 7) is 9.04. The van der Waals surface area contributed by atoms with Crippen LogP contribution in [0, 0.1) is 20.8 Å². The summed E-state index contributed by atoms with van der Waals surface area (Å²) in [4.78, 5) is 20.6. The second kappa shape index (κ2) is 7.85. The zero-order chi connectivity index (χ0) is 19.7. The van der Waals surface area contributed by atoms with Gasteiger partial charge >= 0.3 is 0 Å². The van der Waals surface area contributed by atoms with E-state index in [1.807, 2.05) is 38.3 Å². The average molecular weight is 397 g/mol. The Morgan fingerprint density at radius 1 is 1.36 bits per heavy atom. The minimum absolute atomic E-state index is 0.00568. The van der Waals surface area contributed by atoms with Gasteiger partial charge in [0.15, 0.2) is 0 Å². The van der Waals surface area contributed by atoms with Crippen molar-refractivity contribution in [1.82, 2.24) is 20.4 Å². The highest BCUT2D eigenvalue weighted by molar-refractivity contribution is 7.10. The molecule has 1 amide bonds. The zero-order valence-corrected chi connectivity index (χ0v) is 17.2. The molecule has 0 aliphatic carbocycles. The molecule has 1 aliphatic rings. The third kappa shape index (κ3) is 3.86. The lowest BCUT2D eigenvalue weighted by Crippen LogP contribution is -2.31. The van der Waals surface area contributed by atoms with Crippen LogP contribution in [0.15, 0.2) is 28.2 Å². The molecule has 4 rings (SSSR count). The molecule has 0 spiro atoms. The highest BCUT2D eigenvalue weighted by Crippen LogP contribution is 2.30. The van der Waals surface area contributed by atoms with Crippen molar-refractivity contribution in [2.24, 2.45) is 0 Å². The molecular formula is C21H24N4O2S. The standard InChI is InChI=1S/C21H24N4O2S/c1-13-8-16(4-6-22-13)9-23-21(26)19-12-28-20-11-25(7-5-17(19)20)10-18-14(2)24-27-15(18)3/h4,6,8,12H,5,7,9-11H2,1-3H3,(H,23,26). The first kappa shape index (κ1) is 18.8. The van der Waals surface area contributed by atoms with Crippen LogP contribution < -0.4 is 5.32 Å². The summed E-state index contributed by atoms with van der Waals surface area (Å²) in [7, 11) is 0. The van der Waals surface area contributed by atoms with Gasteiger partial charge in [0.2, 0.25) is 0 Å². The minimum atomic E-state index is 0.00568. The van der Waals surface area contributed by atoms with Crippen molar-refractivity contribution in [3.05, 3.63) is 68.0 Å². The van der Waals surface area contributed by atoms with E-state index in [1.165, 1.54) is 16.0 Å². The van der Waals surface area contributed by atoms with Crippen molar-refractivity contribution in [3.63, 3.8) is 0 Å². The fraction of sp³-hybridized carbons (Fsp3) is 0.381. The maximum atomic E-state index is 12.7. The molecule has 0 saturated heterocycles. The largest absolute Gasteiger partial charge is 0.361 e. The quantitative estimate of drug-likeness (QED) is 0.714. The number of aromatic nitrogens is 2. The van der Waals surface area contributed by atoms with Gasteiger partial charge in [0.25, 0.3) is 5.91 Å². The number of pyridine rings is 1. The summed E-state index contributed by atoms with van der Waals surface area (Å²) in [5.74, 6) is 0.895. The smallest absolute Gasteiger partial charge is 0.252 e. The molecule has 0 radical (unpaired) electrons. The molecule has 7 heteroatoms. The van der Waals surface area contributed by atoms with Crippen molar-refractivity contribution in [2.45, 2.75) is 46.8 Å². The maximum Gasteiger partial charge on any atom is 0.252 e. The van der Waals surface area contributed by atoms with Crippen molar-refractivity contribution < 1.29 is 9.32 Å². The number of hydrogen-bond acceptors (Lipinski definition) is 6. The first-order valence-electron chi connectivity index (χ1n) is 9.44. The van der Waals surface area contributed by atoms with Crippen LogP contribution in [0.5, 0.6) is 0 Å². The third-order valence-corrected chi connectivity index (χ3v) is 6.26. The maximum absolute atomic E-state index is 12.7. The van der Waals surface area contributed by atoms with E-state index in [4.69, 9.17) is 4.52 Å². The number of hydrogen-bond donors (Lipinski definition) is 1. The number of nitrogens with zero attached hydrogens (tertiary/aromatic N) is 3. The molecule has 0 unspecified atom stereocenters. The number of amides is 1. The lowest BCUT2D eigenvalue weighted by molar-refractivity contribution is 0.0949. The van der Waals surface area contributed by atoms with Crippen LogP contribution in [0.4, 0.5) is 0 Å². The lowest BCUT2D eigenvalue weighted by Gasteiger charge is -2.27. The minimum Gasteiger partial charge on any atom is -0.361 e. The monoisotopic (exact) mass is 396 g/mol. The van der Waals surface area contributed by atoms with Crippen molar-refractivity contribution in [2.75, 3.05) is 6.54 Å². The van der Waals surface area contributed by atoms with Gasteiger partial charge in [-0.1, -0.05) is 5.16 Å². The Balaban J connectivity index is 1.41. The van der Waals surface area contributed by atoms with Crippen LogP contribution in [0.2, 0.25) is 0 Å². The summed E-state index contributed by atoms with van der Waals surface area (Å²) in [6, 6.07) is 3.93. The first-order chi connectivity index (χ1) is 13.5. The van der Waals surface area contributed by atoms with Crippen LogP contribution in [0.25, 0.3) is 0 Å². The van der Waals surface area contributed by atoms with E-state index in [0.717, 1.165) is 54.3 Å². The molecule has 0 atom stereocenters. The Morgan fingerprint density at radius 3 is 2.96 bits per heavy atom. The number of aryl methyl sites for hydroxylation is 3. The Bertz CT molecular complexity index is 988. The first-order valence-corrected chi connectivity index (χ1v) is 10.3. The Hall–Kier alpha value is -2.51. The SMILES string of the molecule is Cc1cc(CNC(=O)c2csc3c2CCN(Cc2c(C)noc2C)C3)ccn1. The number of fused-ring (bicyclic) bond motifs is 1. The van der Waals surface area contributed by atoms with Gasteiger partial charge in [-0.05, 0) is 50.5 Å². The molecule has 0 bridgehead atoms. The zero-order valence-electron chi connectivity index (χ0n) is 16.4. The molecule has 1 aliphatic heterocycles. The van der Waals surface area contributed by atoms with Crippen molar-refractivity contribution >= 4 is 17.2 Å². The molecule has 3 aromatic rings. The molecule has 146 valence electrons. The predicted octanol–water partition coefficient (Wildman–Crippen LogP) is 3.54.